The van der Waals surface area contributed by atoms with Crippen molar-refractivity contribution in [3.63, 3.8) is 0 Å². The largest absolute Gasteiger partial charge is 0.256 e. The zero-order valence-electron chi connectivity index (χ0n) is 17.7. The Labute approximate surface area is 195 Å². The van der Waals surface area contributed by atoms with E-state index in [-0.39, 0.29) is 0 Å². The molecule has 1 nitrogen and oxygen atoms in total. The summed E-state index contributed by atoms with van der Waals surface area (Å²) in [7, 11) is 0. The van der Waals surface area contributed by atoms with Gasteiger partial charge in [0.2, 0.25) is 0 Å². The van der Waals surface area contributed by atoms with Crippen LogP contribution in [0.2, 0.25) is 5.02 Å². The average Bonchev–Trinajstić information content (AvgIpc) is 2.88. The van der Waals surface area contributed by atoms with Gasteiger partial charge in [0.15, 0.2) is 0 Å². The molecule has 0 aliphatic carbocycles. The zero-order valence-corrected chi connectivity index (χ0v) is 18.5. The molecule has 0 fully saturated rings. The number of halogens is 1. The van der Waals surface area contributed by atoms with Crippen LogP contribution in [0, 0.1) is 0 Å². The molecule has 0 unspecified atom stereocenters. The molecule has 0 aliphatic heterocycles. The van der Waals surface area contributed by atoms with E-state index in [1.807, 2.05) is 18.3 Å². The summed E-state index contributed by atoms with van der Waals surface area (Å²) < 4.78 is 0. The van der Waals surface area contributed by atoms with Crippen LogP contribution in [-0.2, 0) is 0 Å². The second-order valence-corrected chi connectivity index (χ2v) is 8.95. The van der Waals surface area contributed by atoms with E-state index in [1.54, 1.807) is 0 Å². The van der Waals surface area contributed by atoms with Gasteiger partial charge in [0.1, 0.15) is 0 Å². The molecule has 1 heterocycles. The first-order chi connectivity index (χ1) is 16.3. The molecule has 154 valence electrons. The number of hydrogen-bond acceptors (Lipinski definition) is 1. The minimum absolute atomic E-state index is 0.742. The summed E-state index contributed by atoms with van der Waals surface area (Å²) in [5.74, 6) is 0. The maximum Gasteiger partial charge on any atom is 0.0708 e. The van der Waals surface area contributed by atoms with Crippen LogP contribution < -0.4 is 0 Å². The van der Waals surface area contributed by atoms with Crippen LogP contribution in [0.3, 0.4) is 0 Å². The summed E-state index contributed by atoms with van der Waals surface area (Å²) in [4.78, 5) is 4.91. The van der Waals surface area contributed by atoms with Crippen LogP contribution >= 0.6 is 11.6 Å². The number of fused-ring (bicyclic) bond motifs is 11. The van der Waals surface area contributed by atoms with E-state index in [4.69, 9.17) is 16.6 Å². The van der Waals surface area contributed by atoms with Crippen LogP contribution in [0.4, 0.5) is 0 Å². The lowest BCUT2D eigenvalue weighted by atomic mass is 9.87. The van der Waals surface area contributed by atoms with Gasteiger partial charge < -0.3 is 0 Å². The molecule has 1 aromatic heterocycles. The van der Waals surface area contributed by atoms with E-state index in [0.717, 1.165) is 27.1 Å². The van der Waals surface area contributed by atoms with Crippen molar-refractivity contribution < 1.29 is 0 Å². The predicted octanol–water partition coefficient (Wildman–Crippen LogP) is 9.17. The molecule has 7 rings (SSSR count). The van der Waals surface area contributed by atoms with Crippen molar-refractivity contribution in [3.05, 3.63) is 114 Å². The maximum atomic E-state index is 6.52. The molecule has 0 atom stereocenters. The fraction of sp³-hybridized carbons (Fsp3) is 0. The molecule has 0 saturated heterocycles. The molecule has 0 N–H and O–H groups in total. The van der Waals surface area contributed by atoms with Crippen molar-refractivity contribution in [3.8, 4) is 11.3 Å². The van der Waals surface area contributed by atoms with E-state index in [9.17, 15) is 0 Å². The molecule has 0 bridgehead atoms. The summed E-state index contributed by atoms with van der Waals surface area (Å²) in [6.07, 6.45) is 2.04. The Balaban J connectivity index is 1.80. The summed E-state index contributed by atoms with van der Waals surface area (Å²) in [6.45, 7) is 0. The van der Waals surface area contributed by atoms with Crippen molar-refractivity contribution in [1.82, 2.24) is 4.98 Å². The Hall–Kier alpha value is -3.94. The first-order valence-corrected chi connectivity index (χ1v) is 11.5. The number of rotatable bonds is 1. The average molecular weight is 440 g/mol. The summed E-state index contributed by atoms with van der Waals surface area (Å²) >= 11 is 6.52. The van der Waals surface area contributed by atoms with Crippen molar-refractivity contribution >= 4 is 65.5 Å². The van der Waals surface area contributed by atoms with E-state index in [0.29, 0.717) is 0 Å². The highest BCUT2D eigenvalue weighted by Crippen LogP contribution is 2.44. The fourth-order valence-electron chi connectivity index (χ4n) is 5.30. The maximum absolute atomic E-state index is 6.52. The van der Waals surface area contributed by atoms with Crippen molar-refractivity contribution in [2.45, 2.75) is 0 Å². The van der Waals surface area contributed by atoms with Crippen LogP contribution in [0.1, 0.15) is 0 Å². The van der Waals surface area contributed by atoms with Gasteiger partial charge in [-0.25, -0.2) is 0 Å². The van der Waals surface area contributed by atoms with Gasteiger partial charge >= 0.3 is 0 Å². The molecule has 0 aliphatic rings. The molecule has 33 heavy (non-hydrogen) atoms. The lowest BCUT2D eigenvalue weighted by Crippen LogP contribution is -1.91. The van der Waals surface area contributed by atoms with Gasteiger partial charge in [-0.3, -0.25) is 4.98 Å². The molecule has 0 radical (unpaired) electrons. The third kappa shape index (κ3) is 2.70. The second kappa shape index (κ2) is 7.03. The van der Waals surface area contributed by atoms with Gasteiger partial charge in [-0.2, -0.15) is 0 Å². The molecule has 0 saturated carbocycles. The second-order valence-electron chi connectivity index (χ2n) is 8.51. The number of aromatic nitrogens is 1. The smallest absolute Gasteiger partial charge is 0.0708 e. The van der Waals surface area contributed by atoms with Gasteiger partial charge in [0.25, 0.3) is 0 Å². The number of nitrogens with zero attached hydrogens (tertiary/aromatic N) is 1. The van der Waals surface area contributed by atoms with Crippen LogP contribution in [0.15, 0.2) is 109 Å². The molecule has 0 spiro atoms. The van der Waals surface area contributed by atoms with Crippen molar-refractivity contribution in [2.24, 2.45) is 0 Å². The monoisotopic (exact) mass is 439 g/mol. The zero-order chi connectivity index (χ0) is 21.9. The summed E-state index contributed by atoms with van der Waals surface area (Å²) in [6, 6.07) is 36.2. The van der Waals surface area contributed by atoms with Gasteiger partial charge in [-0.05, 0) is 61.3 Å². The topological polar surface area (TPSA) is 12.9 Å². The van der Waals surface area contributed by atoms with Gasteiger partial charge in [-0.15, -0.1) is 0 Å². The Morgan fingerprint density at radius 3 is 1.70 bits per heavy atom. The molecule has 2 heteroatoms. The molecule has 7 aromatic rings. The van der Waals surface area contributed by atoms with E-state index in [2.05, 4.69) is 91.0 Å². The Bertz CT molecular complexity index is 1870. The van der Waals surface area contributed by atoms with Crippen molar-refractivity contribution in [2.75, 3.05) is 0 Å². The highest BCUT2D eigenvalue weighted by Gasteiger charge is 2.16. The highest BCUT2D eigenvalue weighted by molar-refractivity contribution is 6.40. The first kappa shape index (κ1) is 18.6. The van der Waals surface area contributed by atoms with Crippen LogP contribution in [-0.4, -0.2) is 4.98 Å². The van der Waals surface area contributed by atoms with Crippen molar-refractivity contribution in [1.29, 1.82) is 0 Å². The fourth-order valence-corrected chi connectivity index (χ4v) is 5.47. The summed E-state index contributed by atoms with van der Waals surface area (Å²) in [5, 5.41) is 13.0. The Kier molecular flexibility index (Phi) is 3.97. The lowest BCUT2D eigenvalue weighted by molar-refractivity contribution is 1.36. The van der Waals surface area contributed by atoms with Gasteiger partial charge in [0.05, 0.1) is 5.69 Å². The van der Waals surface area contributed by atoms with Gasteiger partial charge in [0, 0.05) is 27.6 Å². The number of benzene rings is 6. The number of pyridine rings is 1. The number of hydrogen-bond donors (Lipinski definition) is 0. The predicted molar refractivity (Wildman–Crippen MR) is 142 cm³/mol. The molecule has 0 amide bonds. The molecular formula is C31H18ClN. The SMILES string of the molecule is Clc1ccc2c(c1)c1cc(-c3ccccc3)ncc1c1c3ccccc3c3ccccc3c21. The van der Waals surface area contributed by atoms with Crippen LogP contribution in [0.5, 0.6) is 0 Å². The molecular weight excluding hydrogens is 422 g/mol. The van der Waals surface area contributed by atoms with E-state index >= 15 is 0 Å². The minimum atomic E-state index is 0.742. The van der Waals surface area contributed by atoms with E-state index in [1.165, 1.54) is 43.1 Å². The first-order valence-electron chi connectivity index (χ1n) is 11.1. The lowest BCUT2D eigenvalue weighted by Gasteiger charge is -2.17. The highest BCUT2D eigenvalue weighted by atomic mass is 35.5. The van der Waals surface area contributed by atoms with E-state index < -0.39 is 0 Å². The summed E-state index contributed by atoms with van der Waals surface area (Å²) in [5.41, 5.74) is 2.08. The third-order valence-electron chi connectivity index (χ3n) is 6.72. The Morgan fingerprint density at radius 2 is 1.00 bits per heavy atom. The minimum Gasteiger partial charge on any atom is -0.256 e. The third-order valence-corrected chi connectivity index (χ3v) is 6.95. The standard InChI is InChI=1S/C31H18ClN/c32-20-14-15-25-26(16-20)27-17-29(19-8-2-1-3-9-19)33-18-28(27)31-24-13-7-5-11-22(24)21-10-4-6-12-23(21)30(25)31/h1-18H. The van der Waals surface area contributed by atoms with Gasteiger partial charge in [-0.1, -0.05) is 96.5 Å². The molecule has 6 aromatic carbocycles. The normalized spacial score (nSPS) is 11.8. The Morgan fingerprint density at radius 1 is 0.455 bits per heavy atom. The van der Waals surface area contributed by atoms with Crippen LogP contribution in [0.25, 0.3) is 65.1 Å². The quantitative estimate of drug-likeness (QED) is 0.232.